The lowest BCUT2D eigenvalue weighted by molar-refractivity contribution is 0.0594. The van der Waals surface area contributed by atoms with E-state index in [0.29, 0.717) is 5.82 Å². The second kappa shape index (κ2) is 5.65. The number of ether oxygens (including phenoxy) is 1. The molecule has 0 aliphatic heterocycles. The molecule has 0 saturated carbocycles. The maximum atomic E-state index is 11.2. The zero-order valence-electron chi connectivity index (χ0n) is 9.53. The number of anilines is 1. The molecule has 0 fully saturated rings. The van der Waals surface area contributed by atoms with Gasteiger partial charge in [-0.3, -0.25) is 0 Å². The smallest absolute Gasteiger partial charge is 0.359 e. The molecule has 88 valence electrons. The predicted octanol–water partition coefficient (Wildman–Crippen LogP) is 1.76. The Bertz CT molecular complexity index is 380. The molecule has 0 spiro atoms. The van der Waals surface area contributed by atoms with Gasteiger partial charge in [-0.1, -0.05) is 11.6 Å². The summed E-state index contributed by atoms with van der Waals surface area (Å²) in [5.41, 5.74) is 0.0417. The fourth-order valence-electron chi connectivity index (χ4n) is 1.29. The predicted molar refractivity (Wildman–Crippen MR) is 61.9 cm³/mol. The number of nitrogens with zero attached hydrogens (tertiary/aromatic N) is 3. The molecular weight excluding hydrogens is 230 g/mol. The van der Waals surface area contributed by atoms with Crippen molar-refractivity contribution in [1.82, 2.24) is 9.97 Å². The van der Waals surface area contributed by atoms with Crippen molar-refractivity contribution in [3.63, 3.8) is 0 Å². The highest BCUT2D eigenvalue weighted by molar-refractivity contribution is 6.32. The average molecular weight is 244 g/mol. The number of carbonyl (C=O) groups excluding carboxylic acids is 1. The van der Waals surface area contributed by atoms with E-state index < -0.39 is 5.97 Å². The molecule has 1 aromatic heterocycles. The Balaban J connectivity index is 3.03. The highest BCUT2D eigenvalue weighted by Gasteiger charge is 2.15. The number of esters is 1. The van der Waals surface area contributed by atoms with Crippen molar-refractivity contribution in [2.24, 2.45) is 0 Å². The second-order valence-corrected chi connectivity index (χ2v) is 3.39. The minimum absolute atomic E-state index is 0.0417. The first-order valence-corrected chi connectivity index (χ1v) is 5.37. The van der Waals surface area contributed by atoms with Gasteiger partial charge in [0.2, 0.25) is 0 Å². The van der Waals surface area contributed by atoms with Crippen molar-refractivity contribution in [3.05, 3.63) is 17.0 Å². The van der Waals surface area contributed by atoms with Gasteiger partial charge in [-0.15, -0.1) is 0 Å². The van der Waals surface area contributed by atoms with Gasteiger partial charge in [0.15, 0.2) is 10.8 Å². The number of hydrogen-bond acceptors (Lipinski definition) is 5. The molecule has 1 aromatic rings. The summed E-state index contributed by atoms with van der Waals surface area (Å²) in [6.45, 7) is 5.62. The van der Waals surface area contributed by atoms with Crippen LogP contribution < -0.4 is 4.90 Å². The minimum Gasteiger partial charge on any atom is -0.464 e. The van der Waals surface area contributed by atoms with E-state index in [2.05, 4.69) is 14.7 Å². The van der Waals surface area contributed by atoms with Gasteiger partial charge in [-0.25, -0.2) is 14.8 Å². The fraction of sp³-hybridized carbons (Fsp3) is 0.500. The number of hydrogen-bond donors (Lipinski definition) is 0. The minimum atomic E-state index is -0.580. The zero-order chi connectivity index (χ0) is 12.1. The Morgan fingerprint density at radius 3 is 2.56 bits per heavy atom. The molecule has 0 saturated heterocycles. The Morgan fingerprint density at radius 1 is 1.50 bits per heavy atom. The average Bonchev–Trinajstić information content (AvgIpc) is 2.30. The SMILES string of the molecule is CCN(CC)c1cnc(C(=O)OC)c(Cl)n1. The molecule has 0 bridgehead atoms. The van der Waals surface area contributed by atoms with Crippen LogP contribution in [0.1, 0.15) is 24.3 Å². The molecule has 0 atom stereocenters. The van der Waals surface area contributed by atoms with Gasteiger partial charge in [0.25, 0.3) is 0 Å². The van der Waals surface area contributed by atoms with E-state index in [1.165, 1.54) is 13.3 Å². The normalized spacial score (nSPS) is 10.0. The molecule has 0 radical (unpaired) electrons. The molecule has 0 aromatic carbocycles. The quantitative estimate of drug-likeness (QED) is 0.755. The molecular formula is C10H14ClN3O2. The summed E-state index contributed by atoms with van der Waals surface area (Å²) in [6, 6.07) is 0. The summed E-state index contributed by atoms with van der Waals surface area (Å²) < 4.78 is 4.53. The van der Waals surface area contributed by atoms with Crippen LogP contribution in [-0.4, -0.2) is 36.1 Å². The highest BCUT2D eigenvalue weighted by atomic mass is 35.5. The Hall–Kier alpha value is -1.36. The Labute approximate surface area is 99.4 Å². The molecule has 0 amide bonds. The molecule has 16 heavy (non-hydrogen) atoms. The highest BCUT2D eigenvalue weighted by Crippen LogP contribution is 2.17. The van der Waals surface area contributed by atoms with Crippen LogP contribution in [0, 0.1) is 0 Å². The first-order valence-electron chi connectivity index (χ1n) is 4.99. The van der Waals surface area contributed by atoms with Gasteiger partial charge < -0.3 is 9.64 Å². The molecule has 0 unspecified atom stereocenters. The van der Waals surface area contributed by atoms with E-state index in [1.54, 1.807) is 0 Å². The largest absolute Gasteiger partial charge is 0.464 e. The van der Waals surface area contributed by atoms with Crippen LogP contribution in [0.5, 0.6) is 0 Å². The van der Waals surface area contributed by atoms with Crippen LogP contribution in [0.3, 0.4) is 0 Å². The van der Waals surface area contributed by atoms with E-state index in [4.69, 9.17) is 11.6 Å². The fourth-order valence-corrected chi connectivity index (χ4v) is 1.50. The molecule has 0 aliphatic carbocycles. The van der Waals surface area contributed by atoms with Gasteiger partial charge in [0.05, 0.1) is 13.3 Å². The second-order valence-electron chi connectivity index (χ2n) is 3.03. The molecule has 1 heterocycles. The summed E-state index contributed by atoms with van der Waals surface area (Å²) in [4.78, 5) is 21.3. The van der Waals surface area contributed by atoms with Gasteiger partial charge in [0, 0.05) is 13.1 Å². The van der Waals surface area contributed by atoms with Gasteiger partial charge in [0.1, 0.15) is 5.82 Å². The number of halogens is 1. The summed E-state index contributed by atoms with van der Waals surface area (Å²) in [5.74, 6) is 0.0752. The monoisotopic (exact) mass is 243 g/mol. The lowest BCUT2D eigenvalue weighted by atomic mass is 10.4. The lowest BCUT2D eigenvalue weighted by Gasteiger charge is -2.19. The van der Waals surface area contributed by atoms with E-state index in [1.807, 2.05) is 18.7 Å². The number of rotatable bonds is 4. The number of aromatic nitrogens is 2. The first-order chi connectivity index (χ1) is 7.63. The lowest BCUT2D eigenvalue weighted by Crippen LogP contribution is -2.23. The summed E-state index contributed by atoms with van der Waals surface area (Å²) in [6.07, 6.45) is 1.52. The maximum absolute atomic E-state index is 11.2. The molecule has 0 N–H and O–H groups in total. The maximum Gasteiger partial charge on any atom is 0.359 e. The van der Waals surface area contributed by atoms with Crippen LogP contribution >= 0.6 is 11.6 Å². The number of carbonyl (C=O) groups is 1. The Kier molecular flexibility index (Phi) is 4.49. The van der Waals surface area contributed by atoms with E-state index >= 15 is 0 Å². The summed E-state index contributed by atoms with van der Waals surface area (Å²) >= 11 is 5.86. The van der Waals surface area contributed by atoms with Gasteiger partial charge in [-0.05, 0) is 13.8 Å². The zero-order valence-corrected chi connectivity index (χ0v) is 10.3. The van der Waals surface area contributed by atoms with Crippen LogP contribution in [0.4, 0.5) is 5.82 Å². The third-order valence-electron chi connectivity index (χ3n) is 2.18. The van der Waals surface area contributed by atoms with Gasteiger partial charge >= 0.3 is 5.97 Å². The van der Waals surface area contributed by atoms with Crippen LogP contribution in [0.2, 0.25) is 5.15 Å². The van der Waals surface area contributed by atoms with E-state index in [0.717, 1.165) is 13.1 Å². The van der Waals surface area contributed by atoms with E-state index in [9.17, 15) is 4.79 Å². The van der Waals surface area contributed by atoms with Crippen molar-refractivity contribution in [3.8, 4) is 0 Å². The van der Waals surface area contributed by atoms with Crippen molar-refractivity contribution in [2.45, 2.75) is 13.8 Å². The van der Waals surface area contributed by atoms with Crippen LogP contribution in [0.15, 0.2) is 6.20 Å². The van der Waals surface area contributed by atoms with Crippen molar-refractivity contribution >= 4 is 23.4 Å². The Morgan fingerprint density at radius 2 is 2.12 bits per heavy atom. The molecule has 5 nitrogen and oxygen atoms in total. The number of methoxy groups -OCH3 is 1. The standard InChI is InChI=1S/C10H14ClN3O2/c1-4-14(5-2)7-6-12-8(9(11)13-7)10(15)16-3/h6H,4-5H2,1-3H3. The van der Waals surface area contributed by atoms with E-state index in [-0.39, 0.29) is 10.8 Å². The molecule has 0 aliphatic rings. The van der Waals surface area contributed by atoms with Crippen LogP contribution in [-0.2, 0) is 4.74 Å². The van der Waals surface area contributed by atoms with Gasteiger partial charge in [-0.2, -0.15) is 0 Å². The third kappa shape index (κ3) is 2.61. The topological polar surface area (TPSA) is 55.3 Å². The molecule has 6 heteroatoms. The first kappa shape index (κ1) is 12.7. The van der Waals surface area contributed by atoms with Crippen LogP contribution in [0.25, 0.3) is 0 Å². The summed E-state index contributed by atoms with van der Waals surface area (Å²) in [7, 11) is 1.28. The van der Waals surface area contributed by atoms with Crippen molar-refractivity contribution in [2.75, 3.05) is 25.1 Å². The van der Waals surface area contributed by atoms with Crippen molar-refractivity contribution < 1.29 is 9.53 Å². The van der Waals surface area contributed by atoms with Crippen molar-refractivity contribution in [1.29, 1.82) is 0 Å². The molecule has 1 rings (SSSR count). The summed E-state index contributed by atoms with van der Waals surface area (Å²) in [5, 5.41) is 0.0660. The third-order valence-corrected chi connectivity index (χ3v) is 2.45.